The lowest BCUT2D eigenvalue weighted by Crippen LogP contribution is -2.17. The molecule has 4 nitrogen and oxygen atoms in total. The van der Waals surface area contributed by atoms with Gasteiger partial charge in [0.1, 0.15) is 0 Å². The molecule has 2 N–H and O–H groups in total. The van der Waals surface area contributed by atoms with Crippen molar-refractivity contribution in [2.45, 2.75) is 11.3 Å². The van der Waals surface area contributed by atoms with Crippen molar-refractivity contribution < 1.29 is 8.42 Å². The minimum absolute atomic E-state index is 0.176. The van der Waals surface area contributed by atoms with Crippen LogP contribution in [0.3, 0.4) is 0 Å². The average Bonchev–Trinajstić information content (AvgIpc) is 2.17. The van der Waals surface area contributed by atoms with Crippen molar-refractivity contribution >= 4 is 15.5 Å². The van der Waals surface area contributed by atoms with E-state index in [9.17, 15) is 8.42 Å². The zero-order valence-electron chi connectivity index (χ0n) is 9.68. The highest BCUT2D eigenvalue weighted by molar-refractivity contribution is 7.91. The van der Waals surface area contributed by atoms with Crippen molar-refractivity contribution in [2.75, 3.05) is 32.1 Å². The van der Waals surface area contributed by atoms with E-state index in [1.165, 1.54) is 0 Å². The lowest BCUT2D eigenvalue weighted by atomic mass is 10.3. The van der Waals surface area contributed by atoms with E-state index in [1.807, 2.05) is 19.0 Å². The van der Waals surface area contributed by atoms with Crippen LogP contribution in [0.5, 0.6) is 0 Å². The molecule has 1 aromatic carbocycles. The van der Waals surface area contributed by atoms with Crippen LogP contribution in [0, 0.1) is 0 Å². The fraction of sp³-hybridized carbons (Fsp3) is 0.455. The van der Waals surface area contributed by atoms with Gasteiger partial charge in [0, 0.05) is 5.69 Å². The Morgan fingerprint density at radius 3 is 2.25 bits per heavy atom. The predicted molar refractivity (Wildman–Crippen MR) is 66.1 cm³/mol. The quantitative estimate of drug-likeness (QED) is 0.782. The summed E-state index contributed by atoms with van der Waals surface area (Å²) >= 11 is 0. The molecule has 0 aromatic heterocycles. The molecule has 1 rings (SSSR count). The summed E-state index contributed by atoms with van der Waals surface area (Å²) in [5.41, 5.74) is 6.08. The zero-order valence-corrected chi connectivity index (χ0v) is 10.5. The fourth-order valence-corrected chi connectivity index (χ4v) is 2.66. The van der Waals surface area contributed by atoms with Gasteiger partial charge in [0.15, 0.2) is 9.84 Å². The highest BCUT2D eigenvalue weighted by atomic mass is 32.2. The number of benzene rings is 1. The Morgan fingerprint density at radius 2 is 1.75 bits per heavy atom. The SMILES string of the molecule is CN(C)CCCS(=O)(=O)c1ccc(N)cc1. The Balaban J connectivity index is 2.67. The first-order valence-corrected chi connectivity index (χ1v) is 6.80. The summed E-state index contributed by atoms with van der Waals surface area (Å²) in [5, 5.41) is 0. The maximum Gasteiger partial charge on any atom is 0.178 e. The van der Waals surface area contributed by atoms with E-state index in [-0.39, 0.29) is 5.75 Å². The molecule has 0 saturated heterocycles. The first-order valence-electron chi connectivity index (χ1n) is 5.15. The summed E-state index contributed by atoms with van der Waals surface area (Å²) in [6, 6.07) is 6.33. The van der Waals surface area contributed by atoms with E-state index in [0.29, 0.717) is 17.0 Å². The molecule has 16 heavy (non-hydrogen) atoms. The third-order valence-electron chi connectivity index (χ3n) is 2.26. The number of rotatable bonds is 5. The average molecular weight is 242 g/mol. The van der Waals surface area contributed by atoms with Gasteiger partial charge in [0.2, 0.25) is 0 Å². The van der Waals surface area contributed by atoms with Crippen LogP contribution >= 0.6 is 0 Å². The topological polar surface area (TPSA) is 63.4 Å². The lowest BCUT2D eigenvalue weighted by molar-refractivity contribution is 0.408. The van der Waals surface area contributed by atoms with E-state index < -0.39 is 9.84 Å². The molecule has 0 aliphatic carbocycles. The summed E-state index contributed by atoms with van der Waals surface area (Å²) in [4.78, 5) is 2.32. The van der Waals surface area contributed by atoms with Gasteiger partial charge in [-0.3, -0.25) is 0 Å². The van der Waals surface area contributed by atoms with Gasteiger partial charge in [-0.15, -0.1) is 0 Å². The Kier molecular flexibility index (Phi) is 4.32. The molecular formula is C11H18N2O2S. The molecule has 1 aromatic rings. The van der Waals surface area contributed by atoms with Crippen LogP contribution in [0.4, 0.5) is 5.69 Å². The minimum atomic E-state index is -3.15. The molecule has 0 aliphatic heterocycles. The molecule has 0 radical (unpaired) electrons. The summed E-state index contributed by atoms with van der Waals surface area (Å²) in [5.74, 6) is 0.176. The van der Waals surface area contributed by atoms with Gasteiger partial charge < -0.3 is 10.6 Å². The molecule has 0 amide bonds. The minimum Gasteiger partial charge on any atom is -0.399 e. The first-order chi connectivity index (χ1) is 7.42. The van der Waals surface area contributed by atoms with Crippen LogP contribution in [-0.4, -0.2) is 39.7 Å². The molecule has 0 unspecified atom stereocenters. The second-order valence-corrected chi connectivity index (χ2v) is 6.15. The lowest BCUT2D eigenvalue weighted by Gasteiger charge is -2.09. The second-order valence-electron chi connectivity index (χ2n) is 4.04. The highest BCUT2D eigenvalue weighted by Crippen LogP contribution is 2.14. The smallest absolute Gasteiger partial charge is 0.178 e. The van der Waals surface area contributed by atoms with E-state index in [4.69, 9.17) is 5.73 Å². The van der Waals surface area contributed by atoms with E-state index in [0.717, 1.165) is 6.54 Å². The van der Waals surface area contributed by atoms with Gasteiger partial charge in [-0.1, -0.05) is 0 Å². The molecule has 0 fully saturated rings. The number of anilines is 1. The number of sulfone groups is 1. The summed E-state index contributed by atoms with van der Waals surface area (Å²) < 4.78 is 23.7. The van der Waals surface area contributed by atoms with Crippen molar-refractivity contribution in [1.29, 1.82) is 0 Å². The van der Waals surface area contributed by atoms with Gasteiger partial charge in [0.25, 0.3) is 0 Å². The molecule has 90 valence electrons. The fourth-order valence-electron chi connectivity index (χ4n) is 1.36. The molecule has 0 aliphatic rings. The summed E-state index contributed by atoms with van der Waals surface area (Å²) in [6.45, 7) is 0.772. The van der Waals surface area contributed by atoms with E-state index in [2.05, 4.69) is 0 Å². The Morgan fingerprint density at radius 1 is 1.19 bits per heavy atom. The van der Waals surface area contributed by atoms with Crippen molar-refractivity contribution in [1.82, 2.24) is 4.90 Å². The largest absolute Gasteiger partial charge is 0.399 e. The van der Waals surface area contributed by atoms with E-state index in [1.54, 1.807) is 24.3 Å². The first kappa shape index (κ1) is 13.0. The molecule has 0 bridgehead atoms. The molecule has 0 spiro atoms. The Labute approximate surface area is 97.0 Å². The van der Waals surface area contributed by atoms with Gasteiger partial charge in [-0.2, -0.15) is 0 Å². The van der Waals surface area contributed by atoms with Crippen molar-refractivity contribution in [3.63, 3.8) is 0 Å². The van der Waals surface area contributed by atoms with Gasteiger partial charge in [-0.05, 0) is 51.3 Å². The molecular weight excluding hydrogens is 224 g/mol. The van der Waals surface area contributed by atoms with Gasteiger partial charge >= 0.3 is 0 Å². The van der Waals surface area contributed by atoms with Gasteiger partial charge in [0.05, 0.1) is 10.6 Å². The van der Waals surface area contributed by atoms with Crippen LogP contribution in [0.1, 0.15) is 6.42 Å². The van der Waals surface area contributed by atoms with E-state index >= 15 is 0 Å². The maximum atomic E-state index is 11.9. The van der Waals surface area contributed by atoms with Crippen LogP contribution in [0.25, 0.3) is 0 Å². The van der Waals surface area contributed by atoms with Crippen LogP contribution < -0.4 is 5.73 Å². The second kappa shape index (κ2) is 5.32. The molecule has 0 saturated carbocycles. The number of nitrogens with two attached hydrogens (primary N) is 1. The molecule has 0 heterocycles. The normalized spacial score (nSPS) is 11.9. The van der Waals surface area contributed by atoms with Crippen LogP contribution in [-0.2, 0) is 9.84 Å². The molecule has 0 atom stereocenters. The summed E-state index contributed by atoms with van der Waals surface area (Å²) in [6.07, 6.45) is 0.639. The predicted octanol–water partition coefficient (Wildman–Crippen LogP) is 0.994. The zero-order chi connectivity index (χ0) is 12.2. The van der Waals surface area contributed by atoms with Crippen LogP contribution in [0.2, 0.25) is 0 Å². The molecule has 5 heteroatoms. The standard InChI is InChI=1S/C11H18N2O2S/c1-13(2)8-3-9-16(14,15)11-6-4-10(12)5-7-11/h4-7H,3,8-9,12H2,1-2H3. The number of nitrogen functional groups attached to an aromatic ring is 1. The maximum absolute atomic E-state index is 11.9. The Hall–Kier alpha value is -1.07. The van der Waals surface area contributed by atoms with Crippen molar-refractivity contribution in [3.05, 3.63) is 24.3 Å². The van der Waals surface area contributed by atoms with Crippen molar-refractivity contribution in [3.8, 4) is 0 Å². The van der Waals surface area contributed by atoms with Crippen molar-refractivity contribution in [2.24, 2.45) is 0 Å². The van der Waals surface area contributed by atoms with Gasteiger partial charge in [-0.25, -0.2) is 8.42 Å². The monoisotopic (exact) mass is 242 g/mol. The third-order valence-corrected chi connectivity index (χ3v) is 4.07. The third kappa shape index (κ3) is 3.83. The summed E-state index contributed by atoms with van der Waals surface area (Å²) in [7, 11) is 0.698. The Bertz CT molecular complexity index is 424. The number of hydrogen-bond acceptors (Lipinski definition) is 4. The number of hydrogen-bond donors (Lipinski definition) is 1. The number of nitrogens with zero attached hydrogens (tertiary/aromatic N) is 1. The van der Waals surface area contributed by atoms with Crippen LogP contribution in [0.15, 0.2) is 29.2 Å². The highest BCUT2D eigenvalue weighted by Gasteiger charge is 2.13.